The molecule has 0 aliphatic rings. The number of benzene rings is 1. The summed E-state index contributed by atoms with van der Waals surface area (Å²) in [4.78, 5) is 4.30. The first-order valence-corrected chi connectivity index (χ1v) is 5.33. The normalized spacial score (nSPS) is 10.3. The van der Waals surface area contributed by atoms with E-state index in [-0.39, 0.29) is 0 Å². The predicted molar refractivity (Wildman–Crippen MR) is 62.9 cm³/mol. The summed E-state index contributed by atoms with van der Waals surface area (Å²) in [6.07, 6.45) is 3.69. The van der Waals surface area contributed by atoms with Gasteiger partial charge in [0.05, 0.1) is 12.7 Å². The number of nitrogens with zero attached hydrogens (tertiary/aromatic N) is 2. The molecular formula is C11H11BrN2O. The van der Waals surface area contributed by atoms with E-state index in [1.165, 1.54) is 0 Å². The highest BCUT2D eigenvalue weighted by molar-refractivity contribution is 9.10. The monoisotopic (exact) mass is 266 g/mol. The highest BCUT2D eigenvalue weighted by Gasteiger charge is 2.10. The van der Waals surface area contributed by atoms with Gasteiger partial charge in [-0.1, -0.05) is 15.9 Å². The van der Waals surface area contributed by atoms with Crippen LogP contribution in [0.2, 0.25) is 0 Å². The van der Waals surface area contributed by atoms with Crippen molar-refractivity contribution in [2.45, 2.75) is 0 Å². The molecule has 0 amide bonds. The number of halogens is 1. The minimum absolute atomic E-state index is 0.826. The van der Waals surface area contributed by atoms with Crippen molar-refractivity contribution in [3.8, 4) is 17.1 Å². The average molecular weight is 267 g/mol. The van der Waals surface area contributed by atoms with Crippen LogP contribution in [-0.4, -0.2) is 16.7 Å². The third-order valence-corrected chi connectivity index (χ3v) is 2.72. The number of hydrogen-bond donors (Lipinski definition) is 0. The highest BCUT2D eigenvalue weighted by atomic mass is 79.9. The molecule has 3 nitrogen and oxygen atoms in total. The van der Waals surface area contributed by atoms with Crippen molar-refractivity contribution < 1.29 is 4.74 Å². The molecule has 0 fully saturated rings. The molecule has 1 aromatic heterocycles. The van der Waals surface area contributed by atoms with Crippen molar-refractivity contribution in [1.29, 1.82) is 0 Å². The van der Waals surface area contributed by atoms with Crippen LogP contribution in [0.3, 0.4) is 0 Å². The van der Waals surface area contributed by atoms with Gasteiger partial charge < -0.3 is 9.30 Å². The quantitative estimate of drug-likeness (QED) is 0.836. The lowest BCUT2D eigenvalue weighted by Crippen LogP contribution is -1.94. The number of aromatic nitrogens is 2. The average Bonchev–Trinajstić information content (AvgIpc) is 2.64. The predicted octanol–water partition coefficient (Wildman–Crippen LogP) is 2.86. The van der Waals surface area contributed by atoms with Gasteiger partial charge in [0.15, 0.2) is 0 Å². The summed E-state index contributed by atoms with van der Waals surface area (Å²) in [6.45, 7) is 0. The molecule has 0 radical (unpaired) electrons. The first-order chi connectivity index (χ1) is 7.22. The molecule has 78 valence electrons. The van der Waals surface area contributed by atoms with Crippen LogP contribution in [-0.2, 0) is 7.05 Å². The van der Waals surface area contributed by atoms with Crippen molar-refractivity contribution >= 4 is 15.9 Å². The molecule has 2 rings (SSSR count). The Bertz CT molecular complexity index is 479. The van der Waals surface area contributed by atoms with Gasteiger partial charge in [0.25, 0.3) is 0 Å². The van der Waals surface area contributed by atoms with E-state index in [1.807, 2.05) is 36.0 Å². The lowest BCUT2D eigenvalue weighted by Gasteiger charge is -2.08. The van der Waals surface area contributed by atoms with E-state index < -0.39 is 0 Å². The first kappa shape index (κ1) is 10.2. The molecule has 0 spiro atoms. The Morgan fingerprint density at radius 3 is 2.80 bits per heavy atom. The summed E-state index contributed by atoms with van der Waals surface area (Å²) in [5.74, 6) is 1.72. The van der Waals surface area contributed by atoms with Gasteiger partial charge in [-0.15, -0.1) is 0 Å². The van der Waals surface area contributed by atoms with Crippen molar-refractivity contribution in [3.05, 3.63) is 35.1 Å². The lowest BCUT2D eigenvalue weighted by atomic mass is 10.2. The fourth-order valence-corrected chi connectivity index (χ4v) is 1.84. The molecule has 15 heavy (non-hydrogen) atoms. The van der Waals surface area contributed by atoms with Gasteiger partial charge in [0, 0.05) is 23.9 Å². The van der Waals surface area contributed by atoms with Gasteiger partial charge in [-0.25, -0.2) is 4.98 Å². The van der Waals surface area contributed by atoms with E-state index in [4.69, 9.17) is 4.74 Å². The molecule has 0 atom stereocenters. The van der Waals surface area contributed by atoms with Crippen LogP contribution in [0.25, 0.3) is 11.4 Å². The molecule has 0 unspecified atom stereocenters. The summed E-state index contributed by atoms with van der Waals surface area (Å²) in [7, 11) is 3.62. The van der Waals surface area contributed by atoms with Crippen molar-refractivity contribution in [2.24, 2.45) is 7.05 Å². The topological polar surface area (TPSA) is 27.1 Å². The van der Waals surface area contributed by atoms with Gasteiger partial charge in [0.1, 0.15) is 11.6 Å². The summed E-state index contributed by atoms with van der Waals surface area (Å²) >= 11 is 3.44. The highest BCUT2D eigenvalue weighted by Crippen LogP contribution is 2.31. The summed E-state index contributed by atoms with van der Waals surface area (Å²) in [5.41, 5.74) is 0.986. The van der Waals surface area contributed by atoms with E-state index in [9.17, 15) is 0 Å². The maximum Gasteiger partial charge on any atom is 0.143 e. The zero-order chi connectivity index (χ0) is 10.8. The van der Waals surface area contributed by atoms with Crippen LogP contribution >= 0.6 is 15.9 Å². The molecule has 4 heteroatoms. The minimum Gasteiger partial charge on any atom is -0.496 e. The van der Waals surface area contributed by atoms with Gasteiger partial charge in [-0.2, -0.15) is 0 Å². The summed E-state index contributed by atoms with van der Waals surface area (Å²) in [5, 5.41) is 0. The molecule has 0 aliphatic heterocycles. The smallest absolute Gasteiger partial charge is 0.143 e. The maximum atomic E-state index is 5.30. The Balaban J connectivity index is 2.60. The van der Waals surface area contributed by atoms with Gasteiger partial charge in [0.2, 0.25) is 0 Å². The van der Waals surface area contributed by atoms with Gasteiger partial charge in [-0.05, 0) is 18.2 Å². The van der Waals surface area contributed by atoms with Gasteiger partial charge in [-0.3, -0.25) is 0 Å². The fourth-order valence-electron chi connectivity index (χ4n) is 1.48. The molecule has 0 N–H and O–H groups in total. The van der Waals surface area contributed by atoms with Crippen LogP contribution in [0.15, 0.2) is 35.1 Å². The van der Waals surface area contributed by atoms with E-state index in [0.717, 1.165) is 21.6 Å². The fraction of sp³-hybridized carbons (Fsp3) is 0.182. The molecule has 0 bridgehead atoms. The number of aryl methyl sites for hydroxylation is 1. The largest absolute Gasteiger partial charge is 0.496 e. The molecule has 0 saturated heterocycles. The Morgan fingerprint density at radius 2 is 2.20 bits per heavy atom. The SMILES string of the molecule is COc1ccc(Br)cc1-c1nccn1C. The molecule has 0 aliphatic carbocycles. The van der Waals surface area contributed by atoms with Crippen LogP contribution in [0.1, 0.15) is 0 Å². The Kier molecular flexibility index (Phi) is 2.77. The van der Waals surface area contributed by atoms with E-state index in [1.54, 1.807) is 13.3 Å². The van der Waals surface area contributed by atoms with Crippen molar-refractivity contribution in [1.82, 2.24) is 9.55 Å². The van der Waals surface area contributed by atoms with Crippen molar-refractivity contribution in [3.63, 3.8) is 0 Å². The summed E-state index contributed by atoms with van der Waals surface area (Å²) in [6, 6.07) is 5.88. The minimum atomic E-state index is 0.826. The Labute approximate surface area is 96.8 Å². The van der Waals surface area contributed by atoms with E-state index in [0.29, 0.717) is 0 Å². The zero-order valence-corrected chi connectivity index (χ0v) is 10.2. The second kappa shape index (κ2) is 4.06. The standard InChI is InChI=1S/C11H11BrN2O/c1-14-6-5-13-11(14)9-7-8(12)3-4-10(9)15-2/h3-7H,1-2H3. The van der Waals surface area contributed by atoms with E-state index in [2.05, 4.69) is 20.9 Å². The number of methoxy groups -OCH3 is 1. The lowest BCUT2D eigenvalue weighted by molar-refractivity contribution is 0.416. The second-order valence-corrected chi connectivity index (χ2v) is 4.12. The van der Waals surface area contributed by atoms with Crippen LogP contribution in [0, 0.1) is 0 Å². The first-order valence-electron chi connectivity index (χ1n) is 4.53. The van der Waals surface area contributed by atoms with E-state index >= 15 is 0 Å². The molecule has 2 aromatic rings. The Morgan fingerprint density at radius 1 is 1.40 bits per heavy atom. The second-order valence-electron chi connectivity index (χ2n) is 3.21. The number of ether oxygens (including phenoxy) is 1. The molecule has 1 aromatic carbocycles. The maximum absolute atomic E-state index is 5.30. The molecular weight excluding hydrogens is 256 g/mol. The van der Waals surface area contributed by atoms with Crippen LogP contribution in [0.4, 0.5) is 0 Å². The van der Waals surface area contributed by atoms with Gasteiger partial charge >= 0.3 is 0 Å². The third kappa shape index (κ3) is 1.90. The zero-order valence-electron chi connectivity index (χ0n) is 8.57. The summed E-state index contributed by atoms with van der Waals surface area (Å²) < 4.78 is 8.28. The van der Waals surface area contributed by atoms with Crippen LogP contribution < -0.4 is 4.74 Å². The molecule has 0 saturated carbocycles. The molecule has 1 heterocycles. The number of hydrogen-bond acceptors (Lipinski definition) is 2. The van der Waals surface area contributed by atoms with Crippen LogP contribution in [0.5, 0.6) is 5.75 Å². The number of rotatable bonds is 2. The number of imidazole rings is 1. The third-order valence-electron chi connectivity index (χ3n) is 2.22. The van der Waals surface area contributed by atoms with Crippen molar-refractivity contribution in [2.75, 3.05) is 7.11 Å². The Hall–Kier alpha value is -1.29.